The summed E-state index contributed by atoms with van der Waals surface area (Å²) in [4.78, 5) is 12.6. The first-order valence-corrected chi connectivity index (χ1v) is 9.51. The standard InChI is InChI=1S/C23H23FN2O4/c1-13(2)29-19-6-5-14(11-25)7-17(19)18-10-16(24)8-15-9-20(30-21(15)18)22(28)26-23(3,4)12-27/h5-10,13,27H,12H2,1-4H3,(H,26,28). The fourth-order valence-corrected chi connectivity index (χ4v) is 3.00. The highest BCUT2D eigenvalue weighted by Gasteiger charge is 2.24. The van der Waals surface area contributed by atoms with E-state index in [1.54, 1.807) is 32.0 Å². The Morgan fingerprint density at radius 2 is 2.00 bits per heavy atom. The van der Waals surface area contributed by atoms with E-state index >= 15 is 0 Å². The quantitative estimate of drug-likeness (QED) is 0.628. The first-order chi connectivity index (χ1) is 14.1. The number of nitriles is 1. The molecule has 0 spiro atoms. The highest BCUT2D eigenvalue weighted by molar-refractivity contribution is 6.01. The minimum Gasteiger partial charge on any atom is -0.490 e. The molecule has 0 aliphatic rings. The van der Waals surface area contributed by atoms with Crippen LogP contribution in [-0.2, 0) is 0 Å². The number of carbonyl (C=O) groups is 1. The SMILES string of the molecule is CC(C)Oc1ccc(C#N)cc1-c1cc(F)cc2cc(C(=O)NC(C)(C)CO)oc12. The summed E-state index contributed by atoms with van der Waals surface area (Å²) < 4.78 is 26.1. The molecule has 1 aromatic heterocycles. The van der Waals surface area contributed by atoms with Crippen LogP contribution in [0.15, 0.2) is 40.8 Å². The average molecular weight is 410 g/mol. The predicted octanol–water partition coefficient (Wildman–Crippen LogP) is 4.40. The van der Waals surface area contributed by atoms with Crippen LogP contribution in [0.25, 0.3) is 22.1 Å². The molecule has 0 bridgehead atoms. The number of nitrogens with one attached hydrogen (secondary N) is 1. The molecule has 0 aliphatic heterocycles. The molecule has 1 amide bonds. The molecular weight excluding hydrogens is 387 g/mol. The van der Waals surface area contributed by atoms with Crippen molar-refractivity contribution in [1.82, 2.24) is 5.32 Å². The van der Waals surface area contributed by atoms with Gasteiger partial charge >= 0.3 is 0 Å². The summed E-state index contributed by atoms with van der Waals surface area (Å²) in [5, 5.41) is 21.7. The minimum atomic E-state index is -0.844. The van der Waals surface area contributed by atoms with Gasteiger partial charge in [0.15, 0.2) is 5.76 Å². The van der Waals surface area contributed by atoms with Gasteiger partial charge in [0.25, 0.3) is 5.91 Å². The van der Waals surface area contributed by atoms with Crippen LogP contribution >= 0.6 is 0 Å². The zero-order chi connectivity index (χ0) is 22.1. The third-order valence-electron chi connectivity index (χ3n) is 4.41. The molecule has 0 atom stereocenters. The van der Waals surface area contributed by atoms with Gasteiger partial charge in [-0.25, -0.2) is 4.39 Å². The molecule has 156 valence electrons. The molecule has 0 fully saturated rings. The molecule has 0 radical (unpaired) electrons. The Balaban J connectivity index is 2.17. The number of hydrogen-bond donors (Lipinski definition) is 2. The average Bonchev–Trinajstić information content (AvgIpc) is 3.11. The maximum atomic E-state index is 14.4. The number of amides is 1. The Labute approximate surface area is 173 Å². The summed E-state index contributed by atoms with van der Waals surface area (Å²) in [6, 6.07) is 11.0. The Morgan fingerprint density at radius 3 is 2.63 bits per heavy atom. The molecule has 2 N–H and O–H groups in total. The van der Waals surface area contributed by atoms with E-state index in [9.17, 15) is 19.6 Å². The smallest absolute Gasteiger partial charge is 0.287 e. The Bertz CT molecular complexity index is 1140. The van der Waals surface area contributed by atoms with Crippen LogP contribution in [-0.4, -0.2) is 29.3 Å². The number of fused-ring (bicyclic) bond motifs is 1. The molecule has 0 aliphatic carbocycles. The summed E-state index contributed by atoms with van der Waals surface area (Å²) in [6.45, 7) is 6.81. The summed E-state index contributed by atoms with van der Waals surface area (Å²) in [5.41, 5.74) is 0.700. The van der Waals surface area contributed by atoms with E-state index in [1.165, 1.54) is 18.2 Å². The lowest BCUT2D eigenvalue weighted by molar-refractivity contribution is 0.0843. The van der Waals surface area contributed by atoms with Crippen LogP contribution in [0, 0.1) is 17.1 Å². The van der Waals surface area contributed by atoms with Gasteiger partial charge in [-0.15, -0.1) is 0 Å². The van der Waals surface area contributed by atoms with E-state index in [1.807, 2.05) is 13.8 Å². The highest BCUT2D eigenvalue weighted by Crippen LogP contribution is 2.38. The van der Waals surface area contributed by atoms with Crippen LogP contribution < -0.4 is 10.1 Å². The fourth-order valence-electron chi connectivity index (χ4n) is 3.00. The third kappa shape index (κ3) is 4.44. The molecule has 7 heteroatoms. The number of ether oxygens (including phenoxy) is 1. The van der Waals surface area contributed by atoms with Gasteiger partial charge in [-0.05, 0) is 64.1 Å². The highest BCUT2D eigenvalue weighted by atomic mass is 19.1. The number of furan rings is 1. The lowest BCUT2D eigenvalue weighted by Crippen LogP contribution is -2.46. The molecule has 0 saturated heterocycles. The first-order valence-electron chi connectivity index (χ1n) is 9.51. The van der Waals surface area contributed by atoms with Gasteiger partial charge in [0.2, 0.25) is 0 Å². The van der Waals surface area contributed by atoms with Gasteiger partial charge in [0.05, 0.1) is 29.9 Å². The second-order valence-electron chi connectivity index (χ2n) is 7.97. The first kappa shape index (κ1) is 21.3. The van der Waals surface area contributed by atoms with Crippen LogP contribution in [0.5, 0.6) is 5.75 Å². The van der Waals surface area contributed by atoms with E-state index in [2.05, 4.69) is 11.4 Å². The number of carbonyl (C=O) groups excluding carboxylic acids is 1. The van der Waals surface area contributed by atoms with Gasteiger partial charge in [-0.3, -0.25) is 4.79 Å². The topological polar surface area (TPSA) is 95.5 Å². The molecule has 3 rings (SSSR count). The maximum absolute atomic E-state index is 14.4. The lowest BCUT2D eigenvalue weighted by Gasteiger charge is -2.22. The number of benzene rings is 2. The van der Waals surface area contributed by atoms with Crippen molar-refractivity contribution in [3.05, 3.63) is 53.5 Å². The third-order valence-corrected chi connectivity index (χ3v) is 4.41. The summed E-state index contributed by atoms with van der Waals surface area (Å²) in [5.74, 6) is -0.583. The number of aliphatic hydroxyl groups excluding tert-OH is 1. The number of rotatable bonds is 6. The monoisotopic (exact) mass is 410 g/mol. The Hall–Kier alpha value is -3.37. The van der Waals surface area contributed by atoms with Crippen molar-refractivity contribution in [2.24, 2.45) is 0 Å². The van der Waals surface area contributed by atoms with Crippen LogP contribution in [0.2, 0.25) is 0 Å². The van der Waals surface area contributed by atoms with Crippen molar-refractivity contribution in [3.8, 4) is 22.9 Å². The molecule has 0 unspecified atom stereocenters. The van der Waals surface area contributed by atoms with Gasteiger partial charge in [0, 0.05) is 16.5 Å². The maximum Gasteiger partial charge on any atom is 0.287 e. The van der Waals surface area contributed by atoms with E-state index in [4.69, 9.17) is 9.15 Å². The van der Waals surface area contributed by atoms with Crippen molar-refractivity contribution in [2.75, 3.05) is 6.61 Å². The van der Waals surface area contributed by atoms with Crippen LogP contribution in [0.4, 0.5) is 4.39 Å². The van der Waals surface area contributed by atoms with E-state index in [0.29, 0.717) is 33.4 Å². The lowest BCUT2D eigenvalue weighted by atomic mass is 10.00. The van der Waals surface area contributed by atoms with Crippen LogP contribution in [0.3, 0.4) is 0 Å². The largest absolute Gasteiger partial charge is 0.490 e. The second-order valence-corrected chi connectivity index (χ2v) is 7.97. The van der Waals surface area contributed by atoms with Crippen molar-refractivity contribution < 1.29 is 23.4 Å². The van der Waals surface area contributed by atoms with Crippen LogP contribution in [0.1, 0.15) is 43.8 Å². The zero-order valence-electron chi connectivity index (χ0n) is 17.2. The number of nitrogens with zero attached hydrogens (tertiary/aromatic N) is 1. The second kappa shape index (κ2) is 8.17. The summed E-state index contributed by atoms with van der Waals surface area (Å²) in [6.07, 6.45) is -0.139. The van der Waals surface area contributed by atoms with Gasteiger partial charge in [0.1, 0.15) is 17.1 Å². The molecule has 3 aromatic rings. The number of aliphatic hydroxyl groups is 1. The number of hydrogen-bond acceptors (Lipinski definition) is 5. The van der Waals surface area contributed by atoms with Gasteiger partial charge in [-0.1, -0.05) is 0 Å². The summed E-state index contributed by atoms with van der Waals surface area (Å²) in [7, 11) is 0. The van der Waals surface area contributed by atoms with Crippen molar-refractivity contribution >= 4 is 16.9 Å². The number of halogens is 1. The normalized spacial score (nSPS) is 11.5. The van der Waals surface area contributed by atoms with E-state index in [-0.39, 0.29) is 18.5 Å². The van der Waals surface area contributed by atoms with Crippen molar-refractivity contribution in [1.29, 1.82) is 5.26 Å². The molecule has 1 heterocycles. The van der Waals surface area contributed by atoms with E-state index < -0.39 is 17.3 Å². The van der Waals surface area contributed by atoms with E-state index in [0.717, 1.165) is 0 Å². The molecular formula is C23H23FN2O4. The van der Waals surface area contributed by atoms with Gasteiger partial charge in [-0.2, -0.15) is 5.26 Å². The Morgan fingerprint density at radius 1 is 1.27 bits per heavy atom. The Kier molecular flexibility index (Phi) is 5.81. The zero-order valence-corrected chi connectivity index (χ0v) is 17.2. The van der Waals surface area contributed by atoms with Crippen molar-refractivity contribution in [3.63, 3.8) is 0 Å². The molecule has 2 aromatic carbocycles. The predicted molar refractivity (Wildman–Crippen MR) is 111 cm³/mol. The van der Waals surface area contributed by atoms with Gasteiger partial charge < -0.3 is 19.6 Å². The molecule has 6 nitrogen and oxygen atoms in total. The molecule has 0 saturated carbocycles. The summed E-state index contributed by atoms with van der Waals surface area (Å²) >= 11 is 0. The van der Waals surface area contributed by atoms with Crippen molar-refractivity contribution in [2.45, 2.75) is 39.3 Å². The minimum absolute atomic E-state index is 0.0128. The fraction of sp³-hybridized carbons (Fsp3) is 0.304. The molecule has 30 heavy (non-hydrogen) atoms.